The number of aliphatic hydroxyl groups excluding tert-OH is 1. The van der Waals surface area contributed by atoms with E-state index in [1.54, 1.807) is 24.3 Å². The molecule has 2 amide bonds. The summed E-state index contributed by atoms with van der Waals surface area (Å²) in [7, 11) is 0. The summed E-state index contributed by atoms with van der Waals surface area (Å²) in [5.74, 6) is -0.677. The standard InChI is InChI=1S/C24H25N3O4/c28-16-20(14-17-4-2-1-3-5-17)26-24(31)22(15-18-6-8-21(29)9-7-18)27-23(30)19-10-12-25-13-11-19/h1-13,20,22,28-29H,14-16H2,(H,26,31)(H,27,30)/t20-,22-/m0/s1. The number of benzene rings is 2. The third kappa shape index (κ3) is 6.65. The molecule has 0 aliphatic rings. The van der Waals surface area contributed by atoms with Crippen molar-refractivity contribution >= 4 is 11.8 Å². The Hall–Kier alpha value is -3.71. The average molecular weight is 419 g/mol. The van der Waals surface area contributed by atoms with E-state index in [0.29, 0.717) is 12.0 Å². The number of carbonyl (C=O) groups is 2. The molecule has 1 aromatic heterocycles. The molecule has 0 unspecified atom stereocenters. The number of hydrogen-bond donors (Lipinski definition) is 4. The number of aliphatic hydroxyl groups is 1. The van der Waals surface area contributed by atoms with Crippen molar-refractivity contribution in [3.8, 4) is 5.75 Å². The number of amides is 2. The molecule has 0 radical (unpaired) electrons. The second-order valence-electron chi connectivity index (χ2n) is 7.21. The Bertz CT molecular complexity index is 979. The number of carbonyl (C=O) groups excluding carboxylic acids is 2. The van der Waals surface area contributed by atoms with Crippen LogP contribution in [0.4, 0.5) is 0 Å². The Labute approximate surface area is 180 Å². The van der Waals surface area contributed by atoms with E-state index in [9.17, 15) is 19.8 Å². The van der Waals surface area contributed by atoms with E-state index < -0.39 is 23.9 Å². The summed E-state index contributed by atoms with van der Waals surface area (Å²) < 4.78 is 0. The number of hydrogen-bond acceptors (Lipinski definition) is 5. The van der Waals surface area contributed by atoms with Crippen molar-refractivity contribution in [1.29, 1.82) is 0 Å². The molecule has 0 aliphatic heterocycles. The maximum atomic E-state index is 13.0. The number of nitrogens with one attached hydrogen (secondary N) is 2. The molecular weight excluding hydrogens is 394 g/mol. The van der Waals surface area contributed by atoms with Crippen LogP contribution in [0.3, 0.4) is 0 Å². The summed E-state index contributed by atoms with van der Waals surface area (Å²) in [4.78, 5) is 29.6. The lowest BCUT2D eigenvalue weighted by atomic mass is 10.0. The fourth-order valence-corrected chi connectivity index (χ4v) is 3.18. The zero-order valence-electron chi connectivity index (χ0n) is 16.9. The molecular formula is C24H25N3O4. The van der Waals surface area contributed by atoms with Crippen LogP contribution in [0.15, 0.2) is 79.1 Å². The van der Waals surface area contributed by atoms with Gasteiger partial charge in [0.25, 0.3) is 5.91 Å². The van der Waals surface area contributed by atoms with Crippen molar-refractivity contribution < 1.29 is 19.8 Å². The number of phenols is 1. The lowest BCUT2D eigenvalue weighted by molar-refractivity contribution is -0.124. The predicted molar refractivity (Wildman–Crippen MR) is 116 cm³/mol. The van der Waals surface area contributed by atoms with E-state index in [2.05, 4.69) is 15.6 Å². The van der Waals surface area contributed by atoms with Crippen molar-refractivity contribution in [3.63, 3.8) is 0 Å². The highest BCUT2D eigenvalue weighted by molar-refractivity contribution is 5.97. The van der Waals surface area contributed by atoms with Gasteiger partial charge in [-0.1, -0.05) is 42.5 Å². The minimum atomic E-state index is -0.866. The maximum Gasteiger partial charge on any atom is 0.252 e. The molecule has 7 nitrogen and oxygen atoms in total. The van der Waals surface area contributed by atoms with Crippen molar-refractivity contribution in [3.05, 3.63) is 95.8 Å². The molecule has 0 aliphatic carbocycles. The van der Waals surface area contributed by atoms with Crippen molar-refractivity contribution in [1.82, 2.24) is 15.6 Å². The van der Waals surface area contributed by atoms with Gasteiger partial charge in [0.2, 0.25) is 5.91 Å². The molecule has 2 atom stereocenters. The summed E-state index contributed by atoms with van der Waals surface area (Å²) >= 11 is 0. The van der Waals surface area contributed by atoms with Crippen LogP contribution < -0.4 is 10.6 Å². The number of rotatable bonds is 9. The lowest BCUT2D eigenvalue weighted by Crippen LogP contribution is -2.52. The fraction of sp³-hybridized carbons (Fsp3) is 0.208. The first-order chi connectivity index (χ1) is 15.0. The number of aromatic nitrogens is 1. The lowest BCUT2D eigenvalue weighted by Gasteiger charge is -2.23. The number of pyridine rings is 1. The van der Waals surface area contributed by atoms with Crippen LogP contribution in [-0.2, 0) is 17.6 Å². The van der Waals surface area contributed by atoms with Crippen molar-refractivity contribution in [2.24, 2.45) is 0 Å². The summed E-state index contributed by atoms with van der Waals surface area (Å²) in [6.07, 6.45) is 3.71. The van der Waals surface area contributed by atoms with Crippen molar-refractivity contribution in [2.75, 3.05) is 6.61 Å². The summed E-state index contributed by atoms with van der Waals surface area (Å²) in [5.41, 5.74) is 2.15. The first kappa shape index (κ1) is 22.0. The van der Waals surface area contributed by atoms with Crippen LogP contribution in [0.1, 0.15) is 21.5 Å². The second kappa shape index (κ2) is 10.9. The molecule has 3 aromatic rings. The molecule has 3 rings (SSSR count). The van der Waals surface area contributed by atoms with Gasteiger partial charge in [0.1, 0.15) is 11.8 Å². The topological polar surface area (TPSA) is 112 Å². The zero-order valence-corrected chi connectivity index (χ0v) is 16.9. The van der Waals surface area contributed by atoms with E-state index in [1.807, 2.05) is 30.3 Å². The maximum absolute atomic E-state index is 13.0. The SMILES string of the molecule is O=C(N[C@@H](Cc1ccc(O)cc1)C(=O)N[C@H](CO)Cc1ccccc1)c1ccncc1. The van der Waals surface area contributed by atoms with Crippen LogP contribution in [0.25, 0.3) is 0 Å². The molecule has 0 saturated carbocycles. The Morgan fingerprint density at radius 1 is 0.839 bits per heavy atom. The monoisotopic (exact) mass is 419 g/mol. The second-order valence-corrected chi connectivity index (χ2v) is 7.21. The van der Waals surface area contributed by atoms with Crippen LogP contribution >= 0.6 is 0 Å². The van der Waals surface area contributed by atoms with Gasteiger partial charge < -0.3 is 20.8 Å². The first-order valence-corrected chi connectivity index (χ1v) is 9.99. The molecule has 0 spiro atoms. The van der Waals surface area contributed by atoms with Gasteiger partial charge in [0.15, 0.2) is 0 Å². The fourth-order valence-electron chi connectivity index (χ4n) is 3.18. The van der Waals surface area contributed by atoms with Gasteiger partial charge in [-0.05, 0) is 41.8 Å². The zero-order chi connectivity index (χ0) is 22.1. The van der Waals surface area contributed by atoms with Gasteiger partial charge in [-0.25, -0.2) is 0 Å². The molecule has 31 heavy (non-hydrogen) atoms. The Morgan fingerprint density at radius 2 is 1.48 bits per heavy atom. The van der Waals surface area contributed by atoms with Crippen LogP contribution in [-0.4, -0.2) is 45.7 Å². The molecule has 0 bridgehead atoms. The van der Waals surface area contributed by atoms with Crippen LogP contribution in [0.2, 0.25) is 0 Å². The molecule has 0 fully saturated rings. The Morgan fingerprint density at radius 3 is 2.13 bits per heavy atom. The first-order valence-electron chi connectivity index (χ1n) is 9.99. The van der Waals surface area contributed by atoms with Gasteiger partial charge in [-0.2, -0.15) is 0 Å². The third-order valence-electron chi connectivity index (χ3n) is 4.83. The molecule has 4 N–H and O–H groups in total. The van der Waals surface area contributed by atoms with E-state index in [1.165, 1.54) is 24.5 Å². The van der Waals surface area contributed by atoms with Gasteiger partial charge in [0.05, 0.1) is 12.6 Å². The number of aromatic hydroxyl groups is 1. The van der Waals surface area contributed by atoms with E-state index in [0.717, 1.165) is 11.1 Å². The highest BCUT2D eigenvalue weighted by Crippen LogP contribution is 2.12. The summed E-state index contributed by atoms with van der Waals surface area (Å²) in [6, 6.07) is 17.8. The largest absolute Gasteiger partial charge is 0.508 e. The minimum absolute atomic E-state index is 0.119. The highest BCUT2D eigenvalue weighted by Gasteiger charge is 2.24. The highest BCUT2D eigenvalue weighted by atomic mass is 16.3. The van der Waals surface area contributed by atoms with Gasteiger partial charge in [-0.15, -0.1) is 0 Å². The van der Waals surface area contributed by atoms with E-state index in [-0.39, 0.29) is 18.8 Å². The Balaban J connectivity index is 1.74. The Kier molecular flexibility index (Phi) is 7.73. The van der Waals surface area contributed by atoms with E-state index >= 15 is 0 Å². The summed E-state index contributed by atoms with van der Waals surface area (Å²) in [5, 5.41) is 24.9. The van der Waals surface area contributed by atoms with Gasteiger partial charge in [0, 0.05) is 24.4 Å². The van der Waals surface area contributed by atoms with Crippen LogP contribution in [0.5, 0.6) is 5.75 Å². The molecule has 7 heteroatoms. The normalized spacial score (nSPS) is 12.5. The predicted octanol–water partition coefficient (Wildman–Crippen LogP) is 1.85. The van der Waals surface area contributed by atoms with Gasteiger partial charge in [-0.3, -0.25) is 14.6 Å². The number of nitrogens with zero attached hydrogens (tertiary/aromatic N) is 1. The number of phenolic OH excluding ortho intramolecular Hbond substituents is 1. The molecule has 1 heterocycles. The van der Waals surface area contributed by atoms with Crippen LogP contribution in [0, 0.1) is 0 Å². The summed E-state index contributed by atoms with van der Waals surface area (Å²) in [6.45, 7) is -0.231. The minimum Gasteiger partial charge on any atom is -0.508 e. The third-order valence-corrected chi connectivity index (χ3v) is 4.83. The average Bonchev–Trinajstić information content (AvgIpc) is 2.80. The molecule has 160 valence electrons. The quantitative estimate of drug-likeness (QED) is 0.423. The van der Waals surface area contributed by atoms with Crippen molar-refractivity contribution in [2.45, 2.75) is 24.9 Å². The molecule has 2 aromatic carbocycles. The smallest absolute Gasteiger partial charge is 0.252 e. The van der Waals surface area contributed by atoms with E-state index in [4.69, 9.17) is 0 Å². The molecule has 0 saturated heterocycles. The van der Waals surface area contributed by atoms with Gasteiger partial charge >= 0.3 is 0 Å².